The highest BCUT2D eigenvalue weighted by molar-refractivity contribution is 5.79. The summed E-state index contributed by atoms with van der Waals surface area (Å²) in [7, 11) is 0. The van der Waals surface area contributed by atoms with Gasteiger partial charge in [-0.2, -0.15) is 4.98 Å². The number of Topliss-reactive ketones (excluding diaryl/α,β-unsaturated/α-hetero) is 1. The normalized spacial score (nSPS) is 10.6. The zero-order chi connectivity index (χ0) is 13.7. The zero-order valence-corrected chi connectivity index (χ0v) is 11.2. The number of hydrogen-bond donors (Lipinski definition) is 0. The summed E-state index contributed by atoms with van der Waals surface area (Å²) in [5, 5.41) is 3.94. The Morgan fingerprint density at radius 2 is 2.21 bits per heavy atom. The SMILES string of the molecule is CCCC(=O)Cc1nc(-c2ccncc2CC)no1. The molecule has 100 valence electrons. The van der Waals surface area contributed by atoms with Gasteiger partial charge in [0.15, 0.2) is 0 Å². The van der Waals surface area contributed by atoms with Crippen LogP contribution in [0.4, 0.5) is 0 Å². The van der Waals surface area contributed by atoms with Gasteiger partial charge in [0.25, 0.3) is 0 Å². The van der Waals surface area contributed by atoms with Gasteiger partial charge in [0.05, 0.1) is 6.42 Å². The molecule has 0 N–H and O–H groups in total. The van der Waals surface area contributed by atoms with Gasteiger partial charge in [0.1, 0.15) is 5.78 Å². The van der Waals surface area contributed by atoms with Gasteiger partial charge in [0, 0.05) is 24.4 Å². The molecule has 0 aromatic carbocycles. The second-order valence-corrected chi connectivity index (χ2v) is 4.36. The summed E-state index contributed by atoms with van der Waals surface area (Å²) in [5.41, 5.74) is 1.98. The molecule has 2 aromatic rings. The number of hydrogen-bond acceptors (Lipinski definition) is 5. The molecular formula is C14H17N3O2. The Hall–Kier alpha value is -2.04. The third-order valence-electron chi connectivity index (χ3n) is 2.87. The number of aryl methyl sites for hydroxylation is 1. The summed E-state index contributed by atoms with van der Waals surface area (Å²) >= 11 is 0. The average molecular weight is 259 g/mol. The molecule has 2 heterocycles. The molecule has 2 aromatic heterocycles. The zero-order valence-electron chi connectivity index (χ0n) is 11.2. The summed E-state index contributed by atoms with van der Waals surface area (Å²) in [5.74, 6) is 1.04. The topological polar surface area (TPSA) is 68.9 Å². The van der Waals surface area contributed by atoms with Gasteiger partial charge in [-0.3, -0.25) is 9.78 Å². The van der Waals surface area contributed by atoms with Crippen LogP contribution in [0.5, 0.6) is 0 Å². The van der Waals surface area contributed by atoms with Gasteiger partial charge in [-0.1, -0.05) is 19.0 Å². The van der Waals surface area contributed by atoms with E-state index in [4.69, 9.17) is 4.52 Å². The maximum absolute atomic E-state index is 11.5. The second kappa shape index (κ2) is 6.22. The van der Waals surface area contributed by atoms with Crippen molar-refractivity contribution in [2.45, 2.75) is 39.5 Å². The highest BCUT2D eigenvalue weighted by atomic mass is 16.5. The van der Waals surface area contributed by atoms with E-state index in [9.17, 15) is 4.79 Å². The van der Waals surface area contributed by atoms with E-state index in [0.29, 0.717) is 18.1 Å². The number of pyridine rings is 1. The van der Waals surface area contributed by atoms with Gasteiger partial charge in [-0.05, 0) is 24.5 Å². The minimum absolute atomic E-state index is 0.128. The third kappa shape index (κ3) is 3.24. The van der Waals surface area contributed by atoms with Crippen LogP contribution in [-0.4, -0.2) is 20.9 Å². The molecule has 0 bridgehead atoms. The van der Waals surface area contributed by atoms with Crippen LogP contribution >= 0.6 is 0 Å². The van der Waals surface area contributed by atoms with E-state index in [2.05, 4.69) is 15.1 Å². The average Bonchev–Trinajstić information content (AvgIpc) is 2.87. The van der Waals surface area contributed by atoms with Crippen molar-refractivity contribution in [3.63, 3.8) is 0 Å². The largest absolute Gasteiger partial charge is 0.339 e. The fraction of sp³-hybridized carbons (Fsp3) is 0.429. The van der Waals surface area contributed by atoms with Crippen molar-refractivity contribution < 1.29 is 9.32 Å². The van der Waals surface area contributed by atoms with Crippen LogP contribution in [0.2, 0.25) is 0 Å². The van der Waals surface area contributed by atoms with E-state index in [1.165, 1.54) is 0 Å². The second-order valence-electron chi connectivity index (χ2n) is 4.36. The van der Waals surface area contributed by atoms with Crippen molar-refractivity contribution in [2.24, 2.45) is 0 Å². The first-order chi connectivity index (χ1) is 9.24. The molecule has 5 heteroatoms. The maximum atomic E-state index is 11.5. The first kappa shape index (κ1) is 13.4. The number of nitrogens with zero attached hydrogens (tertiary/aromatic N) is 3. The molecule has 0 atom stereocenters. The Morgan fingerprint density at radius 3 is 2.95 bits per heavy atom. The third-order valence-corrected chi connectivity index (χ3v) is 2.87. The molecule has 5 nitrogen and oxygen atoms in total. The summed E-state index contributed by atoms with van der Waals surface area (Å²) in [4.78, 5) is 19.9. The first-order valence-corrected chi connectivity index (χ1v) is 6.52. The van der Waals surface area contributed by atoms with Gasteiger partial charge in [-0.15, -0.1) is 0 Å². The van der Waals surface area contributed by atoms with E-state index < -0.39 is 0 Å². The molecule has 0 saturated heterocycles. The fourth-order valence-corrected chi connectivity index (χ4v) is 1.90. The van der Waals surface area contributed by atoms with Crippen molar-refractivity contribution in [1.82, 2.24) is 15.1 Å². The van der Waals surface area contributed by atoms with Crippen LogP contribution in [0.3, 0.4) is 0 Å². The highest BCUT2D eigenvalue weighted by Crippen LogP contribution is 2.20. The monoisotopic (exact) mass is 259 g/mol. The minimum atomic E-state index is 0.128. The lowest BCUT2D eigenvalue weighted by molar-refractivity contribution is -0.118. The van der Waals surface area contributed by atoms with Gasteiger partial charge in [0.2, 0.25) is 11.7 Å². The standard InChI is InChI=1S/C14H17N3O2/c1-3-5-11(18)8-13-16-14(17-19-13)12-6-7-15-9-10(12)4-2/h6-7,9H,3-5,8H2,1-2H3. The van der Waals surface area contributed by atoms with E-state index >= 15 is 0 Å². The molecule has 0 saturated carbocycles. The van der Waals surface area contributed by atoms with E-state index in [1.54, 1.807) is 12.4 Å². The Kier molecular flexibility index (Phi) is 4.39. The Morgan fingerprint density at radius 1 is 1.37 bits per heavy atom. The Labute approximate surface area is 112 Å². The predicted molar refractivity (Wildman–Crippen MR) is 70.5 cm³/mol. The summed E-state index contributed by atoms with van der Waals surface area (Å²) in [6.07, 6.45) is 5.95. The van der Waals surface area contributed by atoms with Gasteiger partial charge in [-0.25, -0.2) is 0 Å². The molecule has 0 spiro atoms. The fourth-order valence-electron chi connectivity index (χ4n) is 1.90. The van der Waals surface area contributed by atoms with Gasteiger partial charge >= 0.3 is 0 Å². The molecule has 0 fully saturated rings. The summed E-state index contributed by atoms with van der Waals surface area (Å²) < 4.78 is 5.13. The molecule has 0 aliphatic rings. The number of carbonyl (C=O) groups excluding carboxylic acids is 1. The van der Waals surface area contributed by atoms with Crippen LogP contribution in [-0.2, 0) is 17.6 Å². The Balaban J connectivity index is 2.19. The minimum Gasteiger partial charge on any atom is -0.339 e. The lowest BCUT2D eigenvalue weighted by Gasteiger charge is -2.00. The van der Waals surface area contributed by atoms with Crippen molar-refractivity contribution in [2.75, 3.05) is 0 Å². The van der Waals surface area contributed by atoms with Crippen molar-refractivity contribution in [3.05, 3.63) is 29.9 Å². The highest BCUT2D eigenvalue weighted by Gasteiger charge is 2.14. The van der Waals surface area contributed by atoms with Crippen LogP contribution < -0.4 is 0 Å². The van der Waals surface area contributed by atoms with Gasteiger partial charge < -0.3 is 4.52 Å². The Bertz CT molecular complexity index is 563. The molecule has 0 radical (unpaired) electrons. The lowest BCUT2D eigenvalue weighted by atomic mass is 10.1. The number of aromatic nitrogens is 3. The van der Waals surface area contributed by atoms with Crippen molar-refractivity contribution in [3.8, 4) is 11.4 Å². The summed E-state index contributed by atoms with van der Waals surface area (Å²) in [6.45, 7) is 4.02. The smallest absolute Gasteiger partial charge is 0.234 e. The van der Waals surface area contributed by atoms with E-state index in [1.807, 2.05) is 19.9 Å². The van der Waals surface area contributed by atoms with Crippen LogP contribution in [0.1, 0.15) is 38.1 Å². The maximum Gasteiger partial charge on any atom is 0.234 e. The quantitative estimate of drug-likeness (QED) is 0.797. The number of carbonyl (C=O) groups is 1. The predicted octanol–water partition coefficient (Wildman–Crippen LogP) is 2.61. The number of ketones is 1. The summed E-state index contributed by atoms with van der Waals surface area (Å²) in [6, 6.07) is 1.86. The first-order valence-electron chi connectivity index (χ1n) is 6.52. The molecule has 2 rings (SSSR count). The van der Waals surface area contributed by atoms with Crippen molar-refractivity contribution >= 4 is 5.78 Å². The van der Waals surface area contributed by atoms with Crippen molar-refractivity contribution in [1.29, 1.82) is 0 Å². The lowest BCUT2D eigenvalue weighted by Crippen LogP contribution is -2.02. The van der Waals surface area contributed by atoms with Crippen LogP contribution in [0, 0.1) is 0 Å². The van der Waals surface area contributed by atoms with E-state index in [0.717, 1.165) is 24.0 Å². The molecule has 0 aliphatic heterocycles. The van der Waals surface area contributed by atoms with E-state index in [-0.39, 0.29) is 12.2 Å². The molecule has 19 heavy (non-hydrogen) atoms. The van der Waals surface area contributed by atoms with Crippen LogP contribution in [0.15, 0.2) is 23.0 Å². The number of rotatable bonds is 6. The molecule has 0 aliphatic carbocycles. The molecule has 0 unspecified atom stereocenters. The molecule has 0 amide bonds. The van der Waals surface area contributed by atoms with Crippen LogP contribution in [0.25, 0.3) is 11.4 Å². The molecular weight excluding hydrogens is 242 g/mol.